The van der Waals surface area contributed by atoms with Gasteiger partial charge in [-0.1, -0.05) is 6.92 Å². The molecule has 1 aliphatic heterocycles. The lowest BCUT2D eigenvalue weighted by molar-refractivity contribution is -0.135. The summed E-state index contributed by atoms with van der Waals surface area (Å²) >= 11 is 1.67. The normalized spacial score (nSPS) is 21.1. The van der Waals surface area contributed by atoms with Gasteiger partial charge < -0.3 is 15.5 Å². The van der Waals surface area contributed by atoms with Crippen molar-refractivity contribution in [3.8, 4) is 0 Å². The van der Waals surface area contributed by atoms with Gasteiger partial charge in [-0.05, 0) is 66.6 Å². The topological polar surface area (TPSA) is 61.4 Å². The number of piperidine rings is 1. The Morgan fingerprint density at radius 3 is 2.84 bits per heavy atom. The predicted molar refractivity (Wildman–Crippen MR) is 100 cm³/mol. The maximum absolute atomic E-state index is 12.9. The van der Waals surface area contributed by atoms with Crippen LogP contribution < -0.4 is 10.6 Å². The van der Waals surface area contributed by atoms with Crippen LogP contribution in [0, 0.1) is 5.41 Å². The Balaban J connectivity index is 1.60. The van der Waals surface area contributed by atoms with Crippen molar-refractivity contribution >= 4 is 23.2 Å². The fourth-order valence-corrected chi connectivity index (χ4v) is 4.56. The fourth-order valence-electron chi connectivity index (χ4n) is 3.90. The quantitative estimate of drug-likeness (QED) is 0.746. The molecule has 2 N–H and O–H groups in total. The molecule has 0 aromatic carbocycles. The second-order valence-corrected chi connectivity index (χ2v) is 8.12. The molecule has 2 heterocycles. The molecule has 1 aromatic heterocycles. The molecule has 2 amide bonds. The van der Waals surface area contributed by atoms with Gasteiger partial charge in [0.25, 0.3) is 0 Å². The molecule has 3 rings (SSSR count). The number of hydrogen-bond donors (Lipinski definition) is 2. The predicted octanol–water partition coefficient (Wildman–Crippen LogP) is 2.53. The number of hydrogen-bond acceptors (Lipinski definition) is 4. The van der Waals surface area contributed by atoms with Crippen LogP contribution in [0.1, 0.15) is 51.0 Å². The van der Waals surface area contributed by atoms with Crippen molar-refractivity contribution in [2.45, 2.75) is 58.0 Å². The molecular weight excluding hydrogens is 334 g/mol. The van der Waals surface area contributed by atoms with E-state index in [0.29, 0.717) is 37.4 Å². The van der Waals surface area contributed by atoms with E-state index >= 15 is 0 Å². The van der Waals surface area contributed by atoms with Crippen molar-refractivity contribution in [2.75, 3.05) is 19.6 Å². The maximum atomic E-state index is 12.9. The minimum atomic E-state index is -0.0157. The van der Waals surface area contributed by atoms with E-state index in [0.717, 1.165) is 38.8 Å². The third kappa shape index (κ3) is 4.61. The number of rotatable bonds is 8. The molecule has 1 spiro atoms. The highest BCUT2D eigenvalue weighted by molar-refractivity contribution is 7.07. The van der Waals surface area contributed by atoms with E-state index in [1.807, 2.05) is 6.92 Å². The molecule has 1 atom stereocenters. The summed E-state index contributed by atoms with van der Waals surface area (Å²) in [5.74, 6) is 0.108. The summed E-state index contributed by atoms with van der Waals surface area (Å²) < 4.78 is 0. The first-order valence-electron chi connectivity index (χ1n) is 9.42. The Hall–Kier alpha value is -1.40. The highest BCUT2D eigenvalue weighted by Gasteiger charge is 2.57. The Morgan fingerprint density at radius 2 is 2.16 bits per heavy atom. The van der Waals surface area contributed by atoms with Gasteiger partial charge in [-0.25, -0.2) is 0 Å². The minimum Gasteiger partial charge on any atom is -0.356 e. The van der Waals surface area contributed by atoms with Gasteiger partial charge in [0.2, 0.25) is 11.8 Å². The van der Waals surface area contributed by atoms with E-state index in [1.54, 1.807) is 11.3 Å². The van der Waals surface area contributed by atoms with Crippen LogP contribution in [0.4, 0.5) is 0 Å². The molecule has 6 heteroatoms. The van der Waals surface area contributed by atoms with Gasteiger partial charge in [0, 0.05) is 32.0 Å². The van der Waals surface area contributed by atoms with Crippen LogP contribution in [0.5, 0.6) is 0 Å². The zero-order valence-corrected chi connectivity index (χ0v) is 15.9. The number of nitrogens with one attached hydrogen (secondary N) is 2. The maximum Gasteiger partial charge on any atom is 0.223 e. The van der Waals surface area contributed by atoms with Gasteiger partial charge in [-0.2, -0.15) is 11.3 Å². The summed E-state index contributed by atoms with van der Waals surface area (Å²) in [5, 5.41) is 10.5. The number of thiophene rings is 1. The van der Waals surface area contributed by atoms with Gasteiger partial charge in [0.1, 0.15) is 0 Å². The molecule has 1 saturated carbocycles. The van der Waals surface area contributed by atoms with E-state index in [4.69, 9.17) is 0 Å². The Labute approximate surface area is 154 Å². The first-order chi connectivity index (χ1) is 12.1. The summed E-state index contributed by atoms with van der Waals surface area (Å²) in [7, 11) is 0. The van der Waals surface area contributed by atoms with E-state index in [9.17, 15) is 9.59 Å². The van der Waals surface area contributed by atoms with Crippen LogP contribution in [0.25, 0.3) is 0 Å². The SMILES string of the molecule is CCCNC(=O)CCC(=O)N(Cc1ccsc1)C1CC12CCNCC2. The van der Waals surface area contributed by atoms with E-state index < -0.39 is 0 Å². The highest BCUT2D eigenvalue weighted by Crippen LogP contribution is 2.56. The van der Waals surface area contributed by atoms with Gasteiger partial charge in [-0.3, -0.25) is 9.59 Å². The second kappa shape index (κ2) is 8.32. The molecular formula is C19H29N3O2S. The van der Waals surface area contributed by atoms with E-state index in [-0.39, 0.29) is 11.8 Å². The third-order valence-corrected chi connectivity index (χ3v) is 6.25. The number of carbonyl (C=O) groups excluding carboxylic acids is 2. The van der Waals surface area contributed by atoms with Crippen LogP contribution in [0.15, 0.2) is 16.8 Å². The Bertz CT molecular complexity index is 581. The number of carbonyl (C=O) groups is 2. The molecule has 1 aliphatic carbocycles. The molecule has 25 heavy (non-hydrogen) atoms. The van der Waals surface area contributed by atoms with Crippen LogP contribution in [-0.4, -0.2) is 42.4 Å². The molecule has 5 nitrogen and oxygen atoms in total. The van der Waals surface area contributed by atoms with Gasteiger partial charge in [0.15, 0.2) is 0 Å². The van der Waals surface area contributed by atoms with Crippen molar-refractivity contribution < 1.29 is 9.59 Å². The molecule has 0 radical (unpaired) electrons. The Kier molecular flexibility index (Phi) is 6.12. The second-order valence-electron chi connectivity index (χ2n) is 7.34. The van der Waals surface area contributed by atoms with Crippen LogP contribution in [-0.2, 0) is 16.1 Å². The summed E-state index contributed by atoms with van der Waals surface area (Å²) in [6.07, 6.45) is 4.95. The van der Waals surface area contributed by atoms with Crippen LogP contribution in [0.2, 0.25) is 0 Å². The molecule has 1 aromatic rings. The van der Waals surface area contributed by atoms with Crippen molar-refractivity contribution in [1.29, 1.82) is 0 Å². The first-order valence-corrected chi connectivity index (χ1v) is 10.4. The zero-order chi connectivity index (χ0) is 17.7. The molecule has 2 fully saturated rings. The zero-order valence-electron chi connectivity index (χ0n) is 15.1. The summed E-state index contributed by atoms with van der Waals surface area (Å²) in [5.41, 5.74) is 1.52. The van der Waals surface area contributed by atoms with E-state index in [2.05, 4.69) is 32.4 Å². The van der Waals surface area contributed by atoms with Crippen LogP contribution in [0.3, 0.4) is 0 Å². The molecule has 0 bridgehead atoms. The average Bonchev–Trinajstić information content (AvgIpc) is 3.06. The lowest BCUT2D eigenvalue weighted by Crippen LogP contribution is -2.39. The lowest BCUT2D eigenvalue weighted by atomic mass is 9.93. The largest absolute Gasteiger partial charge is 0.356 e. The first kappa shape index (κ1) is 18.4. The summed E-state index contributed by atoms with van der Waals surface area (Å²) in [6, 6.07) is 2.44. The van der Waals surface area contributed by atoms with Crippen molar-refractivity contribution in [2.24, 2.45) is 5.41 Å². The fraction of sp³-hybridized carbons (Fsp3) is 0.684. The smallest absolute Gasteiger partial charge is 0.223 e. The van der Waals surface area contributed by atoms with E-state index in [1.165, 1.54) is 5.56 Å². The monoisotopic (exact) mass is 363 g/mol. The lowest BCUT2D eigenvalue weighted by Gasteiger charge is -2.29. The van der Waals surface area contributed by atoms with Crippen molar-refractivity contribution in [3.05, 3.63) is 22.4 Å². The standard InChI is InChI=1S/C19H29N3O2S/c1-2-8-21-17(23)3-4-18(24)22(13-15-5-11-25-14-15)16-12-19(16)6-9-20-10-7-19/h5,11,14,16,20H,2-4,6-10,12-13H2,1H3,(H,21,23). The average molecular weight is 364 g/mol. The number of amides is 2. The van der Waals surface area contributed by atoms with Crippen molar-refractivity contribution in [1.82, 2.24) is 15.5 Å². The molecule has 1 saturated heterocycles. The third-order valence-electron chi connectivity index (χ3n) is 5.51. The molecule has 1 unspecified atom stereocenters. The Morgan fingerprint density at radius 1 is 1.36 bits per heavy atom. The molecule has 2 aliphatic rings. The summed E-state index contributed by atoms with van der Waals surface area (Å²) in [4.78, 5) is 26.8. The minimum absolute atomic E-state index is 0.0157. The highest BCUT2D eigenvalue weighted by atomic mass is 32.1. The molecule has 138 valence electrons. The number of nitrogens with zero attached hydrogens (tertiary/aromatic N) is 1. The van der Waals surface area contributed by atoms with Crippen LogP contribution >= 0.6 is 11.3 Å². The van der Waals surface area contributed by atoms with Crippen molar-refractivity contribution in [3.63, 3.8) is 0 Å². The van der Waals surface area contributed by atoms with Gasteiger partial charge in [-0.15, -0.1) is 0 Å². The van der Waals surface area contributed by atoms with Gasteiger partial charge in [0.05, 0.1) is 0 Å². The van der Waals surface area contributed by atoms with Gasteiger partial charge >= 0.3 is 0 Å². The summed E-state index contributed by atoms with van der Waals surface area (Å²) in [6.45, 7) is 5.50.